The predicted molar refractivity (Wildman–Crippen MR) is 51.6 cm³/mol. The molecule has 0 aromatic carbocycles. The zero-order valence-electron chi connectivity index (χ0n) is 7.22. The van der Waals surface area contributed by atoms with Crippen molar-refractivity contribution in [2.75, 3.05) is 11.9 Å². The number of hydrogen-bond donors (Lipinski definition) is 0. The van der Waals surface area contributed by atoms with Gasteiger partial charge < -0.3 is 4.74 Å². The summed E-state index contributed by atoms with van der Waals surface area (Å²) in [7, 11) is 0. The number of ketones is 1. The fourth-order valence-corrected chi connectivity index (χ4v) is 1.70. The van der Waals surface area contributed by atoms with Crippen LogP contribution in [0.2, 0.25) is 0 Å². The van der Waals surface area contributed by atoms with Crippen molar-refractivity contribution in [1.82, 2.24) is 0 Å². The van der Waals surface area contributed by atoms with Gasteiger partial charge >= 0.3 is 0 Å². The van der Waals surface area contributed by atoms with Gasteiger partial charge in [0.2, 0.25) is 0 Å². The number of hydrogen-bond acceptors (Lipinski definition) is 2. The lowest BCUT2D eigenvalue weighted by atomic mass is 10.0. The molecule has 2 nitrogen and oxygen atoms in total. The molecule has 0 bridgehead atoms. The Morgan fingerprint density at radius 2 is 2.33 bits per heavy atom. The van der Waals surface area contributed by atoms with Gasteiger partial charge in [-0.25, -0.2) is 0 Å². The zero-order chi connectivity index (χ0) is 8.81. The third-order valence-electron chi connectivity index (χ3n) is 2.17. The minimum Gasteiger partial charge on any atom is -0.378 e. The Balaban J connectivity index is 2.09. The molecule has 70 valence electrons. The number of carbonyl (C=O) groups excluding carboxylic acids is 1. The van der Waals surface area contributed by atoms with Gasteiger partial charge in [0.1, 0.15) is 5.78 Å². The number of alkyl halides is 1. The van der Waals surface area contributed by atoms with Crippen LogP contribution in [0.1, 0.15) is 32.1 Å². The average molecular weight is 235 g/mol. The highest BCUT2D eigenvalue weighted by molar-refractivity contribution is 9.09. The summed E-state index contributed by atoms with van der Waals surface area (Å²) in [6, 6.07) is 0. The Labute approximate surface area is 81.8 Å². The molecule has 3 heteroatoms. The highest BCUT2D eigenvalue weighted by Crippen LogP contribution is 2.17. The van der Waals surface area contributed by atoms with Crippen molar-refractivity contribution >= 4 is 21.7 Å². The van der Waals surface area contributed by atoms with E-state index in [2.05, 4.69) is 15.9 Å². The van der Waals surface area contributed by atoms with Crippen molar-refractivity contribution in [1.29, 1.82) is 0 Å². The van der Waals surface area contributed by atoms with Gasteiger partial charge in [0.15, 0.2) is 0 Å². The molecule has 0 aromatic heterocycles. The first-order chi connectivity index (χ1) is 5.83. The summed E-state index contributed by atoms with van der Waals surface area (Å²) in [5.41, 5.74) is 0. The molecule has 0 amide bonds. The molecule has 1 aliphatic heterocycles. The van der Waals surface area contributed by atoms with E-state index in [1.165, 1.54) is 12.8 Å². The standard InChI is InChI=1S/C9H15BrO2/c10-7-8(11)4-5-9-3-1-2-6-12-9/h9H,1-7H2. The summed E-state index contributed by atoms with van der Waals surface area (Å²) in [5, 5.41) is 0.486. The van der Waals surface area contributed by atoms with E-state index in [0.29, 0.717) is 17.9 Å². The van der Waals surface area contributed by atoms with Crippen LogP contribution in [0.3, 0.4) is 0 Å². The quantitative estimate of drug-likeness (QED) is 0.699. The number of carbonyl (C=O) groups is 1. The molecule has 1 saturated heterocycles. The number of halogens is 1. The van der Waals surface area contributed by atoms with Crippen LogP contribution in [0, 0.1) is 0 Å². The molecule has 1 aliphatic rings. The van der Waals surface area contributed by atoms with Gasteiger partial charge in [-0.05, 0) is 25.7 Å². The Hall–Kier alpha value is 0.110. The van der Waals surface area contributed by atoms with Gasteiger partial charge in [0.25, 0.3) is 0 Å². The van der Waals surface area contributed by atoms with Crippen LogP contribution in [0.25, 0.3) is 0 Å². The van der Waals surface area contributed by atoms with Crippen molar-refractivity contribution in [3.05, 3.63) is 0 Å². The minimum atomic E-state index is 0.282. The third-order valence-corrected chi connectivity index (χ3v) is 2.79. The van der Waals surface area contributed by atoms with E-state index < -0.39 is 0 Å². The molecule has 0 aromatic rings. The fourth-order valence-electron chi connectivity index (χ4n) is 1.42. The lowest BCUT2D eigenvalue weighted by Crippen LogP contribution is -2.20. The first-order valence-corrected chi connectivity index (χ1v) is 5.64. The Morgan fingerprint density at radius 3 is 2.92 bits per heavy atom. The van der Waals surface area contributed by atoms with Gasteiger partial charge in [-0.1, -0.05) is 15.9 Å². The monoisotopic (exact) mass is 234 g/mol. The van der Waals surface area contributed by atoms with Gasteiger partial charge in [0.05, 0.1) is 11.4 Å². The third kappa shape index (κ3) is 3.68. The van der Waals surface area contributed by atoms with Crippen molar-refractivity contribution in [2.24, 2.45) is 0 Å². The smallest absolute Gasteiger partial charge is 0.143 e. The van der Waals surface area contributed by atoms with E-state index in [1.54, 1.807) is 0 Å². The Bertz CT molecular complexity index is 141. The molecule has 0 radical (unpaired) electrons. The number of ether oxygens (including phenoxy) is 1. The summed E-state index contributed by atoms with van der Waals surface area (Å²) in [5.74, 6) is 0.282. The Kier molecular flexibility index (Phi) is 4.84. The zero-order valence-corrected chi connectivity index (χ0v) is 8.81. The van der Waals surface area contributed by atoms with Crippen LogP contribution in [-0.4, -0.2) is 23.8 Å². The van der Waals surface area contributed by atoms with E-state index in [4.69, 9.17) is 4.74 Å². The largest absolute Gasteiger partial charge is 0.378 e. The molecule has 1 heterocycles. The summed E-state index contributed by atoms with van der Waals surface area (Å²) in [6.45, 7) is 0.882. The van der Waals surface area contributed by atoms with Crippen LogP contribution in [-0.2, 0) is 9.53 Å². The topological polar surface area (TPSA) is 26.3 Å². The summed E-state index contributed by atoms with van der Waals surface area (Å²) < 4.78 is 5.51. The van der Waals surface area contributed by atoms with Crippen LogP contribution in [0.5, 0.6) is 0 Å². The molecule has 0 saturated carbocycles. The van der Waals surface area contributed by atoms with E-state index in [0.717, 1.165) is 19.4 Å². The van der Waals surface area contributed by atoms with Crippen LogP contribution in [0.15, 0.2) is 0 Å². The van der Waals surface area contributed by atoms with E-state index in [9.17, 15) is 4.79 Å². The highest BCUT2D eigenvalue weighted by atomic mass is 79.9. The summed E-state index contributed by atoms with van der Waals surface area (Å²) in [6.07, 6.45) is 5.49. The van der Waals surface area contributed by atoms with Crippen molar-refractivity contribution in [3.63, 3.8) is 0 Å². The van der Waals surface area contributed by atoms with Gasteiger partial charge in [0, 0.05) is 13.0 Å². The lowest BCUT2D eigenvalue weighted by molar-refractivity contribution is -0.117. The molecular formula is C9H15BrO2. The molecular weight excluding hydrogens is 220 g/mol. The summed E-state index contributed by atoms with van der Waals surface area (Å²) in [4.78, 5) is 11.0. The first-order valence-electron chi connectivity index (χ1n) is 4.52. The average Bonchev–Trinajstić information content (AvgIpc) is 2.16. The second kappa shape index (κ2) is 5.70. The van der Waals surface area contributed by atoms with Gasteiger partial charge in [-0.3, -0.25) is 4.79 Å². The van der Waals surface area contributed by atoms with E-state index in [-0.39, 0.29) is 5.78 Å². The molecule has 0 spiro atoms. The molecule has 1 rings (SSSR count). The number of Topliss-reactive ketones (excluding diaryl/α,β-unsaturated/α-hetero) is 1. The van der Waals surface area contributed by atoms with Crippen molar-refractivity contribution in [2.45, 2.75) is 38.2 Å². The van der Waals surface area contributed by atoms with Crippen molar-refractivity contribution < 1.29 is 9.53 Å². The molecule has 0 aliphatic carbocycles. The van der Waals surface area contributed by atoms with E-state index >= 15 is 0 Å². The molecule has 1 unspecified atom stereocenters. The second-order valence-corrected chi connectivity index (χ2v) is 3.76. The highest BCUT2D eigenvalue weighted by Gasteiger charge is 2.14. The molecule has 0 N–H and O–H groups in total. The normalized spacial score (nSPS) is 23.9. The SMILES string of the molecule is O=C(CBr)CCC1CCCCO1. The van der Waals surface area contributed by atoms with Crippen molar-refractivity contribution in [3.8, 4) is 0 Å². The van der Waals surface area contributed by atoms with Crippen LogP contribution >= 0.6 is 15.9 Å². The second-order valence-electron chi connectivity index (χ2n) is 3.20. The number of rotatable bonds is 4. The van der Waals surface area contributed by atoms with Crippen LogP contribution < -0.4 is 0 Å². The fraction of sp³-hybridized carbons (Fsp3) is 0.889. The lowest BCUT2D eigenvalue weighted by Gasteiger charge is -2.21. The van der Waals surface area contributed by atoms with E-state index in [1.807, 2.05) is 0 Å². The Morgan fingerprint density at radius 1 is 1.50 bits per heavy atom. The molecule has 1 fully saturated rings. The van der Waals surface area contributed by atoms with Crippen LogP contribution in [0.4, 0.5) is 0 Å². The molecule has 12 heavy (non-hydrogen) atoms. The van der Waals surface area contributed by atoms with Gasteiger partial charge in [-0.15, -0.1) is 0 Å². The maximum Gasteiger partial charge on any atom is 0.143 e. The predicted octanol–water partition coefficient (Wildman–Crippen LogP) is 2.30. The maximum atomic E-state index is 11.0. The minimum absolute atomic E-state index is 0.282. The van der Waals surface area contributed by atoms with Gasteiger partial charge in [-0.2, -0.15) is 0 Å². The summed E-state index contributed by atoms with van der Waals surface area (Å²) >= 11 is 3.15. The molecule has 1 atom stereocenters. The first kappa shape index (κ1) is 10.2. The maximum absolute atomic E-state index is 11.0.